The van der Waals surface area contributed by atoms with Gasteiger partial charge in [-0.1, -0.05) is 60.7 Å². The Morgan fingerprint density at radius 3 is 2.72 bits per heavy atom. The molecule has 0 nitrogen and oxygen atoms in total. The molecule has 0 saturated heterocycles. The lowest BCUT2D eigenvalue weighted by Gasteiger charge is -2.15. The van der Waals surface area contributed by atoms with Crippen LogP contribution in [0.3, 0.4) is 0 Å². The minimum absolute atomic E-state index is 0.692. The average Bonchev–Trinajstić information content (AvgIpc) is 3.00. The molecule has 18 heavy (non-hydrogen) atoms. The molecule has 1 aromatic rings. The van der Waals surface area contributed by atoms with Crippen LogP contribution in [0.5, 0.6) is 0 Å². The van der Waals surface area contributed by atoms with Gasteiger partial charge in [-0.15, -0.1) is 6.58 Å². The average molecular weight is 236 g/mol. The zero-order valence-electron chi connectivity index (χ0n) is 10.7. The monoisotopic (exact) mass is 236 g/mol. The van der Waals surface area contributed by atoms with Crippen molar-refractivity contribution in [1.82, 2.24) is 0 Å². The zero-order chi connectivity index (χ0) is 12.4. The summed E-state index contributed by atoms with van der Waals surface area (Å²) >= 11 is 0. The van der Waals surface area contributed by atoms with Crippen LogP contribution in [0.4, 0.5) is 0 Å². The highest BCUT2D eigenvalue weighted by Gasteiger charge is 2.40. The van der Waals surface area contributed by atoms with E-state index in [0.29, 0.717) is 11.8 Å². The maximum Gasteiger partial charge on any atom is -0.0133 e. The molecule has 0 aromatic heterocycles. The molecule has 0 spiro atoms. The second-order valence-electron chi connectivity index (χ2n) is 5.47. The van der Waals surface area contributed by atoms with Crippen LogP contribution >= 0.6 is 0 Å². The molecule has 0 heterocycles. The first-order chi connectivity index (χ1) is 8.88. The summed E-state index contributed by atoms with van der Waals surface area (Å²) in [6.07, 6.45) is 14.2. The molecule has 0 heteroatoms. The van der Waals surface area contributed by atoms with Crippen molar-refractivity contribution >= 4 is 6.08 Å². The molecule has 0 radical (unpaired) electrons. The van der Waals surface area contributed by atoms with E-state index in [4.69, 9.17) is 0 Å². The van der Waals surface area contributed by atoms with Crippen molar-refractivity contribution in [3.63, 3.8) is 0 Å². The van der Waals surface area contributed by atoms with E-state index in [1.54, 1.807) is 0 Å². The molecule has 4 atom stereocenters. The van der Waals surface area contributed by atoms with E-state index in [9.17, 15) is 0 Å². The van der Waals surface area contributed by atoms with E-state index in [0.717, 1.165) is 11.8 Å². The van der Waals surface area contributed by atoms with E-state index in [1.807, 2.05) is 0 Å². The Hall–Kier alpha value is -1.56. The lowest BCUT2D eigenvalue weighted by atomic mass is 9.89. The lowest BCUT2D eigenvalue weighted by molar-refractivity contribution is 0.414. The van der Waals surface area contributed by atoms with Crippen molar-refractivity contribution in [1.29, 1.82) is 0 Å². The Morgan fingerprint density at radius 2 is 1.94 bits per heavy atom. The van der Waals surface area contributed by atoms with Crippen LogP contribution in [0.25, 0.3) is 6.08 Å². The van der Waals surface area contributed by atoms with Crippen LogP contribution in [0.1, 0.15) is 18.4 Å². The minimum Gasteiger partial charge on any atom is -0.103 e. The van der Waals surface area contributed by atoms with Gasteiger partial charge in [-0.3, -0.25) is 0 Å². The first-order valence-corrected chi connectivity index (χ1v) is 6.91. The maximum absolute atomic E-state index is 4.00. The fourth-order valence-corrected chi connectivity index (χ4v) is 3.54. The molecule has 2 aliphatic carbocycles. The van der Waals surface area contributed by atoms with Crippen LogP contribution < -0.4 is 0 Å². The van der Waals surface area contributed by atoms with Crippen molar-refractivity contribution in [2.45, 2.75) is 12.8 Å². The summed E-state index contributed by atoms with van der Waals surface area (Å²) < 4.78 is 0. The molecule has 0 amide bonds. The molecule has 3 rings (SSSR count). The van der Waals surface area contributed by atoms with E-state index >= 15 is 0 Å². The summed E-state index contributed by atoms with van der Waals surface area (Å²) in [5, 5.41) is 0. The predicted molar refractivity (Wildman–Crippen MR) is 78.0 cm³/mol. The van der Waals surface area contributed by atoms with Gasteiger partial charge in [-0.05, 0) is 42.1 Å². The van der Waals surface area contributed by atoms with Gasteiger partial charge in [0.25, 0.3) is 0 Å². The SMILES string of the molecule is C=CC1CC(C=Cc2ccccc2)C2C=CCC12. The Labute approximate surface area is 110 Å². The van der Waals surface area contributed by atoms with E-state index < -0.39 is 0 Å². The van der Waals surface area contributed by atoms with E-state index in [2.05, 4.69) is 67.3 Å². The van der Waals surface area contributed by atoms with Crippen LogP contribution in [0.15, 0.2) is 61.2 Å². The smallest absolute Gasteiger partial charge is 0.0133 e. The molecule has 1 saturated carbocycles. The molecule has 0 N–H and O–H groups in total. The number of fused-ring (bicyclic) bond motifs is 1. The highest BCUT2D eigenvalue weighted by atomic mass is 14.4. The quantitative estimate of drug-likeness (QED) is 0.666. The Balaban J connectivity index is 1.75. The molecular formula is C18H20. The maximum atomic E-state index is 4.00. The molecule has 0 aliphatic heterocycles. The highest BCUT2D eigenvalue weighted by molar-refractivity contribution is 5.49. The molecular weight excluding hydrogens is 216 g/mol. The van der Waals surface area contributed by atoms with E-state index in [1.165, 1.54) is 18.4 Å². The molecule has 2 aliphatic rings. The molecule has 0 bridgehead atoms. The highest BCUT2D eigenvalue weighted by Crippen LogP contribution is 2.48. The molecule has 4 unspecified atom stereocenters. The Kier molecular flexibility index (Phi) is 3.19. The third kappa shape index (κ3) is 2.08. The largest absolute Gasteiger partial charge is 0.103 e. The van der Waals surface area contributed by atoms with Crippen LogP contribution in [-0.4, -0.2) is 0 Å². The number of allylic oxidation sites excluding steroid dienone is 4. The van der Waals surface area contributed by atoms with Crippen LogP contribution in [-0.2, 0) is 0 Å². The number of rotatable bonds is 3. The van der Waals surface area contributed by atoms with Crippen molar-refractivity contribution in [3.05, 3.63) is 66.8 Å². The van der Waals surface area contributed by atoms with Crippen molar-refractivity contribution in [2.75, 3.05) is 0 Å². The van der Waals surface area contributed by atoms with Gasteiger partial charge in [0, 0.05) is 0 Å². The predicted octanol–water partition coefficient (Wildman–Crippen LogP) is 4.71. The fraction of sp³-hybridized carbons (Fsp3) is 0.333. The van der Waals surface area contributed by atoms with E-state index in [-0.39, 0.29) is 0 Å². The van der Waals surface area contributed by atoms with Gasteiger partial charge in [0.2, 0.25) is 0 Å². The van der Waals surface area contributed by atoms with Crippen LogP contribution in [0.2, 0.25) is 0 Å². The fourth-order valence-electron chi connectivity index (χ4n) is 3.54. The summed E-state index contributed by atoms with van der Waals surface area (Å²) in [7, 11) is 0. The number of hydrogen-bond acceptors (Lipinski definition) is 0. The topological polar surface area (TPSA) is 0 Å². The summed E-state index contributed by atoms with van der Waals surface area (Å²) in [6.45, 7) is 4.00. The van der Waals surface area contributed by atoms with Crippen LogP contribution in [0, 0.1) is 23.7 Å². The van der Waals surface area contributed by atoms with Gasteiger partial charge in [0.1, 0.15) is 0 Å². The first-order valence-electron chi connectivity index (χ1n) is 6.91. The lowest BCUT2D eigenvalue weighted by Crippen LogP contribution is -2.08. The van der Waals surface area contributed by atoms with Crippen molar-refractivity contribution in [3.8, 4) is 0 Å². The van der Waals surface area contributed by atoms with Gasteiger partial charge >= 0.3 is 0 Å². The van der Waals surface area contributed by atoms with Crippen molar-refractivity contribution < 1.29 is 0 Å². The Morgan fingerprint density at radius 1 is 1.11 bits per heavy atom. The Bertz CT molecular complexity index is 466. The number of benzene rings is 1. The standard InChI is InChI=1S/C18H20/c1-2-15-13-16(18-10-6-9-17(15)18)12-11-14-7-4-3-5-8-14/h2-8,10-12,15-18H,1,9,13H2. The third-order valence-electron chi connectivity index (χ3n) is 4.49. The van der Waals surface area contributed by atoms with Crippen molar-refractivity contribution in [2.24, 2.45) is 23.7 Å². The van der Waals surface area contributed by atoms with Gasteiger partial charge < -0.3 is 0 Å². The normalized spacial score (nSPS) is 34.0. The summed E-state index contributed by atoms with van der Waals surface area (Å²) in [5.41, 5.74) is 1.30. The van der Waals surface area contributed by atoms with Gasteiger partial charge in [-0.2, -0.15) is 0 Å². The minimum atomic E-state index is 0.692. The molecule has 1 aromatic carbocycles. The molecule has 1 fully saturated rings. The second kappa shape index (κ2) is 4.97. The molecule has 92 valence electrons. The second-order valence-corrected chi connectivity index (χ2v) is 5.47. The number of hydrogen-bond donors (Lipinski definition) is 0. The summed E-state index contributed by atoms with van der Waals surface area (Å²) in [4.78, 5) is 0. The summed E-state index contributed by atoms with van der Waals surface area (Å²) in [5.74, 6) is 2.95. The van der Waals surface area contributed by atoms with Gasteiger partial charge in [0.15, 0.2) is 0 Å². The third-order valence-corrected chi connectivity index (χ3v) is 4.49. The first kappa shape index (κ1) is 11.5. The zero-order valence-corrected chi connectivity index (χ0v) is 10.7. The van der Waals surface area contributed by atoms with Gasteiger partial charge in [0.05, 0.1) is 0 Å². The summed E-state index contributed by atoms with van der Waals surface area (Å²) in [6, 6.07) is 10.6. The van der Waals surface area contributed by atoms with Gasteiger partial charge in [-0.25, -0.2) is 0 Å².